The zero-order valence-corrected chi connectivity index (χ0v) is 10.7. The summed E-state index contributed by atoms with van der Waals surface area (Å²) in [6.45, 7) is 1.98. The summed E-state index contributed by atoms with van der Waals surface area (Å²) < 4.78 is 11.0. The van der Waals surface area contributed by atoms with E-state index in [-0.39, 0.29) is 29.8 Å². The van der Waals surface area contributed by atoms with E-state index in [0.717, 1.165) is 25.8 Å². The van der Waals surface area contributed by atoms with Gasteiger partial charge >= 0.3 is 5.97 Å². The highest BCUT2D eigenvalue weighted by molar-refractivity contribution is 5.89. The van der Waals surface area contributed by atoms with E-state index in [0.29, 0.717) is 19.2 Å². The third kappa shape index (κ3) is 1.56. The zero-order valence-electron chi connectivity index (χ0n) is 10.7. The molecule has 2 bridgehead atoms. The minimum Gasteiger partial charge on any atom is -0.462 e. The molecule has 6 nitrogen and oxygen atoms in total. The SMILES string of the molecule is O=C(NCC1CCN1)[C@H]1[C@H]2C(=O)OC[C@]23CC[C@H]1O3. The fourth-order valence-corrected chi connectivity index (χ4v) is 3.85. The van der Waals surface area contributed by atoms with Gasteiger partial charge in [0, 0.05) is 12.6 Å². The van der Waals surface area contributed by atoms with E-state index in [1.807, 2.05) is 0 Å². The van der Waals surface area contributed by atoms with Crippen molar-refractivity contribution in [3.05, 3.63) is 0 Å². The molecule has 0 aromatic rings. The van der Waals surface area contributed by atoms with Crippen LogP contribution in [0.3, 0.4) is 0 Å². The Morgan fingerprint density at radius 3 is 3.05 bits per heavy atom. The highest BCUT2D eigenvalue weighted by Crippen LogP contribution is 2.54. The van der Waals surface area contributed by atoms with E-state index < -0.39 is 5.60 Å². The van der Waals surface area contributed by atoms with Gasteiger partial charge in [0.15, 0.2) is 0 Å². The predicted molar refractivity (Wildman–Crippen MR) is 64.2 cm³/mol. The molecule has 1 amide bonds. The molecule has 0 aromatic carbocycles. The van der Waals surface area contributed by atoms with Crippen LogP contribution in [0.2, 0.25) is 0 Å². The lowest BCUT2D eigenvalue weighted by atomic mass is 9.73. The normalized spacial score (nSPS) is 46.6. The first-order valence-electron chi connectivity index (χ1n) is 7.05. The van der Waals surface area contributed by atoms with Gasteiger partial charge < -0.3 is 20.1 Å². The van der Waals surface area contributed by atoms with Gasteiger partial charge in [0.05, 0.1) is 12.0 Å². The van der Waals surface area contributed by atoms with Gasteiger partial charge in [-0.15, -0.1) is 0 Å². The number of cyclic esters (lactones) is 1. The van der Waals surface area contributed by atoms with Crippen LogP contribution in [0.1, 0.15) is 19.3 Å². The third-order valence-corrected chi connectivity index (χ3v) is 5.03. The third-order valence-electron chi connectivity index (χ3n) is 5.03. The summed E-state index contributed by atoms with van der Waals surface area (Å²) >= 11 is 0. The van der Waals surface area contributed by atoms with Crippen LogP contribution >= 0.6 is 0 Å². The highest BCUT2D eigenvalue weighted by Gasteiger charge is 2.68. The van der Waals surface area contributed by atoms with Gasteiger partial charge in [0.2, 0.25) is 5.91 Å². The molecular weight excluding hydrogens is 248 g/mol. The molecule has 0 aromatic heterocycles. The minimum atomic E-state index is -0.502. The quantitative estimate of drug-likeness (QED) is 0.653. The monoisotopic (exact) mass is 266 g/mol. The van der Waals surface area contributed by atoms with Crippen LogP contribution in [0.15, 0.2) is 0 Å². The Labute approximate surface area is 111 Å². The number of amides is 1. The maximum absolute atomic E-state index is 12.3. The van der Waals surface area contributed by atoms with Gasteiger partial charge in [-0.05, 0) is 25.8 Å². The smallest absolute Gasteiger partial charge is 0.313 e. The number of carbonyl (C=O) groups is 2. The number of hydrogen-bond acceptors (Lipinski definition) is 5. The molecule has 4 heterocycles. The number of rotatable bonds is 3. The Balaban J connectivity index is 1.48. The first-order chi connectivity index (χ1) is 9.20. The summed E-state index contributed by atoms with van der Waals surface area (Å²) in [4.78, 5) is 24.2. The van der Waals surface area contributed by atoms with Gasteiger partial charge in [-0.1, -0.05) is 0 Å². The first-order valence-corrected chi connectivity index (χ1v) is 7.05. The number of fused-ring (bicyclic) bond motifs is 1. The van der Waals surface area contributed by atoms with Crippen LogP contribution in [0.5, 0.6) is 0 Å². The molecule has 4 saturated heterocycles. The number of carbonyl (C=O) groups excluding carboxylic acids is 2. The molecule has 1 unspecified atom stereocenters. The van der Waals surface area contributed by atoms with Gasteiger partial charge in [0.1, 0.15) is 18.1 Å². The minimum absolute atomic E-state index is 0.0517. The molecule has 0 radical (unpaired) electrons. The number of nitrogens with one attached hydrogen (secondary N) is 2. The van der Waals surface area contributed by atoms with E-state index in [4.69, 9.17) is 9.47 Å². The average molecular weight is 266 g/mol. The largest absolute Gasteiger partial charge is 0.462 e. The molecule has 0 aliphatic carbocycles. The van der Waals surface area contributed by atoms with E-state index >= 15 is 0 Å². The Kier molecular flexibility index (Phi) is 2.41. The molecule has 2 N–H and O–H groups in total. The molecule has 6 heteroatoms. The molecule has 19 heavy (non-hydrogen) atoms. The lowest BCUT2D eigenvalue weighted by Crippen LogP contribution is -2.52. The van der Waals surface area contributed by atoms with Crippen molar-refractivity contribution in [2.75, 3.05) is 19.7 Å². The standard InChI is InChI=1S/C13H18N2O4/c16-11(15-5-7-2-4-14-7)9-8-1-3-13(19-8)6-18-12(17)10(9)13/h7-10,14H,1-6H2,(H,15,16)/t7?,8-,9-,10+,13-/m1/s1. The summed E-state index contributed by atoms with van der Waals surface area (Å²) in [5.74, 6) is -1.06. The lowest BCUT2D eigenvalue weighted by Gasteiger charge is -2.30. The van der Waals surface area contributed by atoms with E-state index in [2.05, 4.69) is 10.6 Å². The van der Waals surface area contributed by atoms with Crippen molar-refractivity contribution in [3.63, 3.8) is 0 Å². The number of ether oxygens (including phenoxy) is 2. The van der Waals surface area contributed by atoms with Crippen molar-refractivity contribution in [3.8, 4) is 0 Å². The Hall–Kier alpha value is -1.14. The number of hydrogen-bond donors (Lipinski definition) is 2. The van der Waals surface area contributed by atoms with E-state index in [1.165, 1.54) is 0 Å². The Morgan fingerprint density at radius 2 is 2.32 bits per heavy atom. The lowest BCUT2D eigenvalue weighted by molar-refractivity contribution is -0.146. The van der Waals surface area contributed by atoms with Crippen LogP contribution in [0, 0.1) is 11.8 Å². The maximum Gasteiger partial charge on any atom is 0.313 e. The second kappa shape index (κ2) is 3.93. The predicted octanol–water partition coefficient (Wildman–Crippen LogP) is -0.815. The Morgan fingerprint density at radius 1 is 1.47 bits per heavy atom. The summed E-state index contributed by atoms with van der Waals surface area (Å²) in [5.41, 5.74) is -0.502. The van der Waals surface area contributed by atoms with Gasteiger partial charge in [-0.3, -0.25) is 9.59 Å². The number of esters is 1. The molecule has 4 fully saturated rings. The average Bonchev–Trinajstić information content (AvgIpc) is 2.97. The second-order valence-corrected chi connectivity index (χ2v) is 6.06. The fraction of sp³-hybridized carbons (Fsp3) is 0.846. The van der Waals surface area contributed by atoms with Crippen molar-refractivity contribution < 1.29 is 19.1 Å². The van der Waals surface area contributed by atoms with Crippen LogP contribution in [0.4, 0.5) is 0 Å². The summed E-state index contributed by atoms with van der Waals surface area (Å²) in [5, 5.41) is 6.19. The molecule has 5 atom stereocenters. The van der Waals surface area contributed by atoms with Crippen LogP contribution in [-0.2, 0) is 19.1 Å². The molecular formula is C13H18N2O4. The summed E-state index contributed by atoms with van der Waals surface area (Å²) in [6.07, 6.45) is 2.68. The molecule has 4 rings (SSSR count). The summed E-state index contributed by atoms with van der Waals surface area (Å²) in [7, 11) is 0. The molecule has 0 saturated carbocycles. The van der Waals surface area contributed by atoms with E-state index in [9.17, 15) is 9.59 Å². The van der Waals surface area contributed by atoms with Crippen LogP contribution in [-0.4, -0.2) is 49.3 Å². The topological polar surface area (TPSA) is 76.7 Å². The fourth-order valence-electron chi connectivity index (χ4n) is 3.85. The van der Waals surface area contributed by atoms with Crippen molar-refractivity contribution in [1.82, 2.24) is 10.6 Å². The van der Waals surface area contributed by atoms with Crippen LogP contribution in [0.25, 0.3) is 0 Å². The highest BCUT2D eigenvalue weighted by atomic mass is 16.6. The van der Waals surface area contributed by atoms with Crippen molar-refractivity contribution in [2.24, 2.45) is 11.8 Å². The van der Waals surface area contributed by atoms with Crippen molar-refractivity contribution >= 4 is 11.9 Å². The van der Waals surface area contributed by atoms with Crippen molar-refractivity contribution in [2.45, 2.75) is 37.0 Å². The van der Waals surface area contributed by atoms with Crippen molar-refractivity contribution in [1.29, 1.82) is 0 Å². The van der Waals surface area contributed by atoms with Gasteiger partial charge in [-0.2, -0.15) is 0 Å². The first kappa shape index (κ1) is 11.7. The van der Waals surface area contributed by atoms with E-state index in [1.54, 1.807) is 0 Å². The Bertz CT molecular complexity index is 436. The molecule has 4 aliphatic heterocycles. The molecule has 1 spiro atoms. The molecule has 4 aliphatic rings. The van der Waals surface area contributed by atoms with Crippen LogP contribution < -0.4 is 10.6 Å². The maximum atomic E-state index is 12.3. The molecule has 104 valence electrons. The van der Waals surface area contributed by atoms with Gasteiger partial charge in [-0.25, -0.2) is 0 Å². The summed E-state index contributed by atoms with van der Waals surface area (Å²) in [6, 6.07) is 0.382. The van der Waals surface area contributed by atoms with Gasteiger partial charge in [0.25, 0.3) is 0 Å². The second-order valence-electron chi connectivity index (χ2n) is 6.06. The zero-order chi connectivity index (χ0) is 13.0.